The van der Waals surface area contributed by atoms with Crippen molar-refractivity contribution in [2.24, 2.45) is 0 Å². The van der Waals surface area contributed by atoms with Crippen molar-refractivity contribution in [2.45, 2.75) is 13.0 Å². The summed E-state index contributed by atoms with van der Waals surface area (Å²) in [5, 5.41) is 18.9. The molecule has 0 aliphatic carbocycles. The van der Waals surface area contributed by atoms with Gasteiger partial charge in [-0.05, 0) is 42.3 Å². The fourth-order valence-corrected chi connectivity index (χ4v) is 4.74. The maximum Gasteiger partial charge on any atom is 0.433 e. The van der Waals surface area contributed by atoms with Crippen LogP contribution in [-0.4, -0.2) is 60.5 Å². The molecule has 4 heterocycles. The van der Waals surface area contributed by atoms with Gasteiger partial charge in [0.1, 0.15) is 16.4 Å². The predicted molar refractivity (Wildman–Crippen MR) is 136 cm³/mol. The fraction of sp³-hybridized carbons (Fsp3) is 0.148. The van der Waals surface area contributed by atoms with Crippen molar-refractivity contribution in [3.63, 3.8) is 0 Å². The van der Waals surface area contributed by atoms with Crippen molar-refractivity contribution in [3.8, 4) is 5.69 Å². The Morgan fingerprint density at radius 3 is 2.42 bits per heavy atom. The Morgan fingerprint density at radius 1 is 1.05 bits per heavy atom. The number of imide groups is 1. The first-order chi connectivity index (χ1) is 19.3. The van der Waals surface area contributed by atoms with Gasteiger partial charge in [0.2, 0.25) is 0 Å². The lowest BCUT2D eigenvalue weighted by Crippen LogP contribution is -2.34. The molecule has 0 bridgehead atoms. The number of furan rings is 1. The third-order valence-corrected chi connectivity index (χ3v) is 6.78. The highest BCUT2D eigenvalue weighted by Gasteiger charge is 2.35. The van der Waals surface area contributed by atoms with Crippen LogP contribution in [0.1, 0.15) is 48.9 Å². The van der Waals surface area contributed by atoms with Gasteiger partial charge >= 0.3 is 5.88 Å². The molecule has 0 unspecified atom stereocenters. The van der Waals surface area contributed by atoms with E-state index in [0.29, 0.717) is 40.1 Å². The molecule has 12 nitrogen and oxygen atoms in total. The van der Waals surface area contributed by atoms with Crippen LogP contribution >= 0.6 is 0 Å². The minimum absolute atomic E-state index is 0.0691. The molecule has 200 valence electrons. The second-order valence-electron chi connectivity index (χ2n) is 9.19. The molecule has 2 aromatic heterocycles. The van der Waals surface area contributed by atoms with Crippen LogP contribution in [0.25, 0.3) is 11.3 Å². The molecule has 0 saturated carbocycles. The molecule has 0 atom stereocenters. The lowest BCUT2D eigenvalue weighted by Gasteiger charge is -2.26. The van der Waals surface area contributed by atoms with E-state index in [-0.39, 0.29) is 25.4 Å². The molecule has 2 aliphatic rings. The SMILES string of the molecule is O=C(c1ccc([N+](=O)[O-])o1)N1CC=C(c2ccc(-n3cc(CN4C(=O)c5ccccc5C4=O)nn3)cc2F)CC1. The second kappa shape index (κ2) is 9.69. The Kier molecular flexibility index (Phi) is 6.02. The van der Waals surface area contributed by atoms with Crippen molar-refractivity contribution in [3.05, 3.63) is 111 Å². The topological polar surface area (TPSA) is 145 Å². The van der Waals surface area contributed by atoms with Crippen LogP contribution in [0.5, 0.6) is 0 Å². The molecule has 40 heavy (non-hydrogen) atoms. The van der Waals surface area contributed by atoms with Gasteiger partial charge in [-0.25, -0.2) is 9.07 Å². The number of carbonyl (C=O) groups is 3. The molecule has 0 radical (unpaired) electrons. The zero-order chi connectivity index (χ0) is 28.0. The van der Waals surface area contributed by atoms with Crippen molar-refractivity contribution in [1.82, 2.24) is 24.8 Å². The molecule has 2 aromatic carbocycles. The number of hydrogen-bond donors (Lipinski definition) is 0. The normalized spacial score (nSPS) is 14.9. The minimum atomic E-state index is -0.716. The van der Waals surface area contributed by atoms with Crippen molar-refractivity contribution in [1.29, 1.82) is 0 Å². The van der Waals surface area contributed by atoms with Gasteiger partial charge in [0, 0.05) is 24.7 Å². The zero-order valence-electron chi connectivity index (χ0n) is 20.7. The third kappa shape index (κ3) is 4.32. The summed E-state index contributed by atoms with van der Waals surface area (Å²) in [5.74, 6) is -2.43. The van der Waals surface area contributed by atoms with Crippen LogP contribution in [0.4, 0.5) is 10.3 Å². The maximum atomic E-state index is 15.1. The number of nitrogens with zero attached hydrogens (tertiary/aromatic N) is 6. The molecule has 0 fully saturated rings. The Balaban J connectivity index is 1.13. The van der Waals surface area contributed by atoms with Crippen molar-refractivity contribution < 1.29 is 28.1 Å². The van der Waals surface area contributed by atoms with E-state index >= 15 is 4.39 Å². The van der Waals surface area contributed by atoms with Gasteiger partial charge in [0.25, 0.3) is 17.7 Å². The summed E-state index contributed by atoms with van der Waals surface area (Å²) in [7, 11) is 0. The number of hydrogen-bond acceptors (Lipinski definition) is 8. The molecule has 6 rings (SSSR count). The van der Waals surface area contributed by atoms with E-state index < -0.39 is 34.3 Å². The van der Waals surface area contributed by atoms with Crippen LogP contribution in [0.3, 0.4) is 0 Å². The van der Waals surface area contributed by atoms with Crippen LogP contribution in [-0.2, 0) is 6.54 Å². The highest BCUT2D eigenvalue weighted by Crippen LogP contribution is 2.28. The molecule has 4 aromatic rings. The van der Waals surface area contributed by atoms with E-state index in [1.165, 1.54) is 27.9 Å². The highest BCUT2D eigenvalue weighted by molar-refractivity contribution is 6.21. The van der Waals surface area contributed by atoms with Crippen LogP contribution in [0, 0.1) is 15.9 Å². The van der Waals surface area contributed by atoms with Crippen molar-refractivity contribution in [2.75, 3.05) is 13.1 Å². The lowest BCUT2D eigenvalue weighted by molar-refractivity contribution is -0.402. The van der Waals surface area contributed by atoms with Gasteiger partial charge in [-0.3, -0.25) is 29.4 Å². The Morgan fingerprint density at radius 2 is 1.80 bits per heavy atom. The number of fused-ring (bicyclic) bond motifs is 1. The summed E-state index contributed by atoms with van der Waals surface area (Å²) < 4.78 is 21.5. The number of halogens is 1. The number of aromatic nitrogens is 3. The van der Waals surface area contributed by atoms with Gasteiger partial charge in [-0.15, -0.1) is 5.10 Å². The Hall–Kier alpha value is -5.46. The molecule has 13 heteroatoms. The van der Waals surface area contributed by atoms with E-state index in [0.717, 1.165) is 11.0 Å². The largest absolute Gasteiger partial charge is 0.433 e. The van der Waals surface area contributed by atoms with E-state index in [2.05, 4.69) is 10.3 Å². The van der Waals surface area contributed by atoms with Gasteiger partial charge in [0.05, 0.1) is 35.6 Å². The fourth-order valence-electron chi connectivity index (χ4n) is 4.74. The monoisotopic (exact) mass is 542 g/mol. The van der Waals surface area contributed by atoms with Gasteiger partial charge < -0.3 is 9.32 Å². The van der Waals surface area contributed by atoms with Crippen LogP contribution < -0.4 is 0 Å². The summed E-state index contributed by atoms with van der Waals surface area (Å²) in [4.78, 5) is 50.5. The zero-order valence-corrected chi connectivity index (χ0v) is 20.7. The summed E-state index contributed by atoms with van der Waals surface area (Å²) in [6.45, 7) is 0.402. The second-order valence-corrected chi connectivity index (χ2v) is 9.19. The van der Waals surface area contributed by atoms with E-state index in [9.17, 15) is 24.5 Å². The van der Waals surface area contributed by atoms with E-state index in [1.807, 2.05) is 0 Å². The number of rotatable bonds is 6. The quantitative estimate of drug-likeness (QED) is 0.204. The molecule has 0 saturated heterocycles. The average molecular weight is 542 g/mol. The van der Waals surface area contributed by atoms with Gasteiger partial charge in [-0.1, -0.05) is 23.4 Å². The van der Waals surface area contributed by atoms with E-state index in [4.69, 9.17) is 4.42 Å². The highest BCUT2D eigenvalue weighted by atomic mass is 19.1. The Bertz CT molecular complexity index is 1710. The lowest BCUT2D eigenvalue weighted by atomic mass is 9.98. The first-order valence-corrected chi connectivity index (χ1v) is 12.2. The third-order valence-electron chi connectivity index (χ3n) is 6.78. The maximum absolute atomic E-state index is 15.1. The first-order valence-electron chi connectivity index (χ1n) is 12.2. The summed E-state index contributed by atoms with van der Waals surface area (Å²) >= 11 is 0. The van der Waals surface area contributed by atoms with Crippen LogP contribution in [0.15, 0.2) is 71.3 Å². The molecular formula is C27H19FN6O6. The number of carbonyl (C=O) groups excluding carboxylic acids is 3. The average Bonchev–Trinajstić information content (AvgIpc) is 3.70. The molecular weight excluding hydrogens is 523 g/mol. The van der Waals surface area contributed by atoms with Crippen molar-refractivity contribution >= 4 is 29.2 Å². The molecule has 0 N–H and O–H groups in total. The molecule has 3 amide bonds. The van der Waals surface area contributed by atoms with Crippen LogP contribution in [0.2, 0.25) is 0 Å². The number of benzene rings is 2. The molecule has 2 aliphatic heterocycles. The molecule has 0 spiro atoms. The van der Waals surface area contributed by atoms with Gasteiger partial charge in [0.15, 0.2) is 5.76 Å². The summed E-state index contributed by atoms with van der Waals surface area (Å²) in [6.07, 6.45) is 3.63. The number of nitro groups is 1. The number of amides is 3. The van der Waals surface area contributed by atoms with E-state index in [1.54, 1.807) is 42.5 Å². The first kappa shape index (κ1) is 24.9. The minimum Gasteiger partial charge on any atom is -0.395 e. The predicted octanol–water partition coefficient (Wildman–Crippen LogP) is 3.63. The smallest absolute Gasteiger partial charge is 0.395 e. The summed E-state index contributed by atoms with van der Waals surface area (Å²) in [5.41, 5.74) is 2.52. The standard InChI is InChI=1S/C27H19FN6O6/c28-22-13-18(33-15-17(29-30-33)14-32-25(35)20-3-1-2-4-21(20)26(32)36)5-6-19(22)16-9-11-31(12-10-16)27(37)23-7-8-24(40-23)34(38)39/h1-9,13,15H,10-12,14H2. The summed E-state index contributed by atoms with van der Waals surface area (Å²) in [6, 6.07) is 13.5. The Labute approximate surface area is 225 Å². The van der Waals surface area contributed by atoms with Gasteiger partial charge in [-0.2, -0.15) is 0 Å².